The van der Waals surface area contributed by atoms with Crippen LogP contribution in [0, 0.1) is 0 Å². The molecule has 3 aromatic rings. The number of aromatic nitrogens is 1. The fourth-order valence-corrected chi connectivity index (χ4v) is 4.27. The quantitative estimate of drug-likeness (QED) is 0.663. The van der Waals surface area contributed by atoms with Crippen molar-refractivity contribution in [3.63, 3.8) is 0 Å². The Morgan fingerprint density at radius 2 is 2.00 bits per heavy atom. The van der Waals surface area contributed by atoms with Crippen molar-refractivity contribution in [2.45, 2.75) is 6.54 Å². The maximum absolute atomic E-state index is 12.5. The summed E-state index contributed by atoms with van der Waals surface area (Å²) in [7, 11) is 0. The molecule has 0 atom stereocenters. The largest absolute Gasteiger partial charge is 0.379 e. The molecule has 5 nitrogen and oxygen atoms in total. The van der Waals surface area contributed by atoms with Gasteiger partial charge in [-0.3, -0.25) is 15.0 Å². The molecule has 1 aromatic heterocycles. The number of morpholine rings is 1. The van der Waals surface area contributed by atoms with E-state index >= 15 is 0 Å². The number of amides is 1. The van der Waals surface area contributed by atoms with Crippen molar-refractivity contribution in [1.82, 2.24) is 9.88 Å². The van der Waals surface area contributed by atoms with Crippen LogP contribution in [-0.4, -0.2) is 42.1 Å². The number of fused-ring (bicyclic) bond motifs is 1. The molecule has 1 aliphatic rings. The number of anilines is 1. The van der Waals surface area contributed by atoms with Gasteiger partial charge in [-0.2, -0.15) is 0 Å². The SMILES string of the molecule is O=C(Nc1nc2ccc(CN3CCOCC3)cc2s1)c1cc(Cl)ccc1Cl. The standard InChI is InChI=1S/C19H17Cl2N3O2S/c20-13-2-3-15(21)14(10-13)18(25)23-19-22-16-4-1-12(9-17(16)27-19)11-24-5-7-26-8-6-24/h1-4,9-10H,5-8,11H2,(H,22,23,25). The van der Waals surface area contributed by atoms with Crippen LogP contribution in [0.5, 0.6) is 0 Å². The van der Waals surface area contributed by atoms with Crippen molar-refractivity contribution < 1.29 is 9.53 Å². The number of ether oxygens (including phenoxy) is 1. The van der Waals surface area contributed by atoms with Crippen molar-refractivity contribution in [1.29, 1.82) is 0 Å². The maximum atomic E-state index is 12.5. The lowest BCUT2D eigenvalue weighted by Crippen LogP contribution is -2.35. The number of halogens is 2. The van der Waals surface area contributed by atoms with Gasteiger partial charge in [-0.05, 0) is 35.9 Å². The van der Waals surface area contributed by atoms with Crippen LogP contribution >= 0.6 is 34.5 Å². The summed E-state index contributed by atoms with van der Waals surface area (Å²) in [4.78, 5) is 19.4. The number of nitrogens with one attached hydrogen (secondary N) is 1. The molecule has 0 saturated carbocycles. The Balaban J connectivity index is 1.51. The van der Waals surface area contributed by atoms with Gasteiger partial charge >= 0.3 is 0 Å². The third-order valence-electron chi connectivity index (χ3n) is 4.36. The molecule has 8 heteroatoms. The number of thiazole rings is 1. The molecule has 0 spiro atoms. The van der Waals surface area contributed by atoms with E-state index in [2.05, 4.69) is 27.3 Å². The summed E-state index contributed by atoms with van der Waals surface area (Å²) in [5, 5.41) is 4.16. The fourth-order valence-electron chi connectivity index (χ4n) is 2.97. The third kappa shape index (κ3) is 4.42. The van der Waals surface area contributed by atoms with Crippen LogP contribution in [0.3, 0.4) is 0 Å². The van der Waals surface area contributed by atoms with Crippen LogP contribution in [0.25, 0.3) is 10.2 Å². The number of carbonyl (C=O) groups is 1. The summed E-state index contributed by atoms with van der Waals surface area (Å²) in [6.45, 7) is 4.35. The van der Waals surface area contributed by atoms with E-state index in [-0.39, 0.29) is 5.91 Å². The lowest BCUT2D eigenvalue weighted by Gasteiger charge is -2.26. The van der Waals surface area contributed by atoms with Gasteiger partial charge in [0.15, 0.2) is 5.13 Å². The minimum Gasteiger partial charge on any atom is -0.379 e. The van der Waals surface area contributed by atoms with Gasteiger partial charge < -0.3 is 4.74 Å². The predicted octanol–water partition coefficient (Wildman–Crippen LogP) is 4.69. The summed E-state index contributed by atoms with van der Waals surface area (Å²) < 4.78 is 6.43. The lowest BCUT2D eigenvalue weighted by atomic mass is 10.2. The fraction of sp³-hybridized carbons (Fsp3) is 0.263. The minimum absolute atomic E-state index is 0.324. The van der Waals surface area contributed by atoms with E-state index in [9.17, 15) is 4.79 Å². The lowest BCUT2D eigenvalue weighted by molar-refractivity contribution is 0.0342. The number of hydrogen-bond donors (Lipinski definition) is 1. The van der Waals surface area contributed by atoms with Crippen molar-refractivity contribution >= 4 is 55.8 Å². The predicted molar refractivity (Wildman–Crippen MR) is 110 cm³/mol. The molecule has 0 radical (unpaired) electrons. The summed E-state index contributed by atoms with van der Waals surface area (Å²) >= 11 is 13.5. The van der Waals surface area contributed by atoms with Crippen LogP contribution in [0.2, 0.25) is 10.0 Å². The summed E-state index contributed by atoms with van der Waals surface area (Å²) in [6.07, 6.45) is 0. The molecule has 4 rings (SSSR count). The van der Waals surface area contributed by atoms with E-state index in [1.165, 1.54) is 16.9 Å². The highest BCUT2D eigenvalue weighted by Crippen LogP contribution is 2.29. The van der Waals surface area contributed by atoms with Gasteiger partial charge in [0.05, 0.1) is 34.0 Å². The highest BCUT2D eigenvalue weighted by atomic mass is 35.5. The molecular formula is C19H17Cl2N3O2S. The minimum atomic E-state index is -0.324. The second kappa shape index (κ2) is 8.12. The Kier molecular flexibility index (Phi) is 5.61. The molecule has 0 bridgehead atoms. The molecule has 1 saturated heterocycles. The topological polar surface area (TPSA) is 54.5 Å². The number of hydrogen-bond acceptors (Lipinski definition) is 5. The molecule has 1 N–H and O–H groups in total. The second-order valence-corrected chi connectivity index (χ2v) is 8.16. The van der Waals surface area contributed by atoms with E-state index < -0.39 is 0 Å². The number of nitrogens with zero attached hydrogens (tertiary/aromatic N) is 2. The van der Waals surface area contributed by atoms with Gasteiger partial charge in [-0.15, -0.1) is 0 Å². The first-order chi connectivity index (χ1) is 13.1. The van der Waals surface area contributed by atoms with Crippen LogP contribution in [0.15, 0.2) is 36.4 Å². The average Bonchev–Trinajstić information content (AvgIpc) is 3.06. The normalized spacial score (nSPS) is 15.2. The van der Waals surface area contributed by atoms with Crippen LogP contribution in [-0.2, 0) is 11.3 Å². The first kappa shape index (κ1) is 18.7. The molecule has 0 aliphatic carbocycles. The van der Waals surface area contributed by atoms with Crippen LogP contribution in [0.4, 0.5) is 5.13 Å². The van der Waals surface area contributed by atoms with Crippen molar-refractivity contribution in [3.05, 3.63) is 57.6 Å². The number of rotatable bonds is 4. The van der Waals surface area contributed by atoms with Gasteiger partial charge in [-0.1, -0.05) is 40.6 Å². The zero-order valence-electron chi connectivity index (χ0n) is 14.4. The highest BCUT2D eigenvalue weighted by Gasteiger charge is 2.15. The molecule has 1 aliphatic heterocycles. The highest BCUT2D eigenvalue weighted by molar-refractivity contribution is 7.22. The third-order valence-corrected chi connectivity index (χ3v) is 5.85. The Morgan fingerprint density at radius 1 is 1.19 bits per heavy atom. The van der Waals surface area contributed by atoms with E-state index in [1.54, 1.807) is 18.2 Å². The van der Waals surface area contributed by atoms with Crippen molar-refractivity contribution in [2.24, 2.45) is 0 Å². The molecule has 1 amide bonds. The monoisotopic (exact) mass is 421 g/mol. The van der Waals surface area contributed by atoms with Crippen molar-refractivity contribution in [2.75, 3.05) is 31.6 Å². The first-order valence-corrected chi connectivity index (χ1v) is 10.1. The van der Waals surface area contributed by atoms with E-state index in [0.717, 1.165) is 43.1 Å². The molecule has 140 valence electrons. The Bertz CT molecular complexity index is 986. The number of benzene rings is 2. The Hall–Kier alpha value is -1.70. The summed E-state index contributed by atoms with van der Waals surface area (Å²) in [5.74, 6) is -0.324. The zero-order valence-corrected chi connectivity index (χ0v) is 16.7. The Labute approximate surface area is 170 Å². The van der Waals surface area contributed by atoms with Gasteiger partial charge in [0.25, 0.3) is 5.91 Å². The summed E-state index contributed by atoms with van der Waals surface area (Å²) in [5.41, 5.74) is 2.42. The van der Waals surface area contributed by atoms with Crippen LogP contribution in [0.1, 0.15) is 15.9 Å². The van der Waals surface area contributed by atoms with E-state index in [4.69, 9.17) is 27.9 Å². The van der Waals surface area contributed by atoms with E-state index in [0.29, 0.717) is 20.7 Å². The average molecular weight is 422 g/mol. The van der Waals surface area contributed by atoms with Crippen LogP contribution < -0.4 is 5.32 Å². The van der Waals surface area contributed by atoms with Gasteiger partial charge in [0.1, 0.15) is 0 Å². The Morgan fingerprint density at radius 3 is 2.81 bits per heavy atom. The number of carbonyl (C=O) groups excluding carboxylic acids is 1. The first-order valence-electron chi connectivity index (χ1n) is 8.54. The van der Waals surface area contributed by atoms with Gasteiger partial charge in [0.2, 0.25) is 0 Å². The molecular weight excluding hydrogens is 405 g/mol. The maximum Gasteiger partial charge on any atom is 0.259 e. The van der Waals surface area contributed by atoms with E-state index in [1.807, 2.05) is 6.07 Å². The molecule has 2 heterocycles. The van der Waals surface area contributed by atoms with Gasteiger partial charge in [0, 0.05) is 24.7 Å². The van der Waals surface area contributed by atoms with Crippen molar-refractivity contribution in [3.8, 4) is 0 Å². The van der Waals surface area contributed by atoms with Gasteiger partial charge in [-0.25, -0.2) is 4.98 Å². The summed E-state index contributed by atoms with van der Waals surface area (Å²) in [6, 6.07) is 11.0. The molecule has 1 fully saturated rings. The smallest absolute Gasteiger partial charge is 0.259 e. The molecule has 27 heavy (non-hydrogen) atoms. The zero-order chi connectivity index (χ0) is 18.8. The second-order valence-electron chi connectivity index (χ2n) is 6.29. The molecule has 0 unspecified atom stereocenters. The molecule has 2 aromatic carbocycles.